The summed E-state index contributed by atoms with van der Waals surface area (Å²) in [5.74, 6) is 4.61. The van der Waals surface area contributed by atoms with Gasteiger partial charge in [-0.25, -0.2) is 0 Å². The molecule has 2 aliphatic rings. The molecule has 0 radical (unpaired) electrons. The maximum absolute atomic E-state index is 12.8. The van der Waals surface area contributed by atoms with Crippen LogP contribution in [0.4, 0.5) is 0 Å². The van der Waals surface area contributed by atoms with Crippen molar-refractivity contribution in [3.8, 4) is 11.5 Å². The molecule has 2 aliphatic carbocycles. The summed E-state index contributed by atoms with van der Waals surface area (Å²) in [5, 5.41) is 10.6. The van der Waals surface area contributed by atoms with E-state index in [1.165, 1.54) is 83.5 Å². The van der Waals surface area contributed by atoms with Crippen molar-refractivity contribution in [2.24, 2.45) is 29.6 Å². The predicted octanol–water partition coefficient (Wildman–Crippen LogP) is 9.22. The molecule has 5 atom stereocenters. The molecule has 0 saturated heterocycles. The van der Waals surface area contributed by atoms with Gasteiger partial charge in [0.1, 0.15) is 11.5 Å². The van der Waals surface area contributed by atoms with Crippen LogP contribution in [0.5, 0.6) is 11.5 Å². The number of phenols is 1. The Bertz CT molecular complexity index is 968. The Morgan fingerprint density at radius 2 is 1.59 bits per heavy atom. The molecule has 0 spiro atoms. The summed E-state index contributed by atoms with van der Waals surface area (Å²) in [5.41, 5.74) is 0.905. The van der Waals surface area contributed by atoms with E-state index in [1.54, 1.807) is 24.3 Å². The zero-order valence-electron chi connectivity index (χ0n) is 23.2. The van der Waals surface area contributed by atoms with Crippen molar-refractivity contribution in [2.75, 3.05) is 6.61 Å². The van der Waals surface area contributed by atoms with Gasteiger partial charge in [-0.3, -0.25) is 4.79 Å². The van der Waals surface area contributed by atoms with Gasteiger partial charge < -0.3 is 9.84 Å². The summed E-state index contributed by atoms with van der Waals surface area (Å²) in [6.07, 6.45) is 17.8. The van der Waals surface area contributed by atoms with Crippen molar-refractivity contribution in [1.29, 1.82) is 0 Å². The average Bonchev–Trinajstić information content (AvgIpc) is 3.55. The van der Waals surface area contributed by atoms with Gasteiger partial charge in [0.05, 0.1) is 12.2 Å². The zero-order chi connectivity index (χ0) is 26.0. The highest BCUT2D eigenvalue weighted by Crippen LogP contribution is 2.44. The third-order valence-corrected chi connectivity index (χ3v) is 9.29. The van der Waals surface area contributed by atoms with E-state index in [2.05, 4.69) is 13.8 Å². The average molecular weight is 505 g/mol. The Hall–Kier alpha value is -2.29. The molecule has 5 unspecified atom stereocenters. The third kappa shape index (κ3) is 7.85. The van der Waals surface area contributed by atoms with Crippen molar-refractivity contribution in [3.63, 3.8) is 0 Å². The van der Waals surface area contributed by atoms with E-state index in [9.17, 15) is 9.90 Å². The van der Waals surface area contributed by atoms with Gasteiger partial charge in [0.15, 0.2) is 5.78 Å². The quantitative estimate of drug-likeness (QED) is 0.206. The fourth-order valence-electron chi connectivity index (χ4n) is 6.99. The Morgan fingerprint density at radius 3 is 2.32 bits per heavy atom. The van der Waals surface area contributed by atoms with E-state index in [0.29, 0.717) is 29.4 Å². The molecule has 202 valence electrons. The largest absolute Gasteiger partial charge is 0.507 e. The number of hydrogen-bond donors (Lipinski definition) is 1. The van der Waals surface area contributed by atoms with Gasteiger partial charge in [0, 0.05) is 11.6 Å². The maximum Gasteiger partial charge on any atom is 0.196 e. The molecule has 0 aromatic heterocycles. The van der Waals surface area contributed by atoms with Gasteiger partial charge in [-0.2, -0.15) is 0 Å². The first-order valence-corrected chi connectivity index (χ1v) is 15.1. The fraction of sp³-hybridized carbons (Fsp3) is 0.618. The molecule has 0 heterocycles. The van der Waals surface area contributed by atoms with Gasteiger partial charge in [0.2, 0.25) is 0 Å². The van der Waals surface area contributed by atoms with Gasteiger partial charge in [0.25, 0.3) is 0 Å². The minimum absolute atomic E-state index is 0.00582. The van der Waals surface area contributed by atoms with Crippen molar-refractivity contribution in [3.05, 3.63) is 59.7 Å². The molecule has 2 saturated carbocycles. The van der Waals surface area contributed by atoms with Gasteiger partial charge in [-0.05, 0) is 61.0 Å². The summed E-state index contributed by atoms with van der Waals surface area (Å²) in [4.78, 5) is 12.8. The first-order chi connectivity index (χ1) is 18.1. The SMILES string of the molecule is CCCCCCC1CC(CCC2CCC(CC)C2)CC1COc1ccc(C(=O)c2ccccc2)c(O)c1. The molecule has 2 fully saturated rings. The number of carbonyl (C=O) groups excluding carboxylic acids is 1. The van der Waals surface area contributed by atoms with E-state index in [0.717, 1.165) is 23.7 Å². The summed E-state index contributed by atoms with van der Waals surface area (Å²) in [7, 11) is 0. The van der Waals surface area contributed by atoms with Crippen LogP contribution in [0, 0.1) is 29.6 Å². The second kappa shape index (κ2) is 14.0. The molecule has 2 aromatic rings. The van der Waals surface area contributed by atoms with Gasteiger partial charge in [-0.1, -0.05) is 108 Å². The normalized spacial score (nSPS) is 25.4. The molecule has 3 nitrogen and oxygen atoms in total. The number of unbranched alkanes of at least 4 members (excludes halogenated alkanes) is 3. The first-order valence-electron chi connectivity index (χ1n) is 15.1. The second-order valence-corrected chi connectivity index (χ2v) is 11.9. The maximum atomic E-state index is 12.8. The predicted molar refractivity (Wildman–Crippen MR) is 152 cm³/mol. The summed E-state index contributed by atoms with van der Waals surface area (Å²) in [6.45, 7) is 5.34. The van der Waals surface area contributed by atoms with Crippen LogP contribution in [-0.2, 0) is 0 Å². The smallest absolute Gasteiger partial charge is 0.196 e. The highest BCUT2D eigenvalue weighted by molar-refractivity contribution is 6.10. The van der Waals surface area contributed by atoms with Gasteiger partial charge >= 0.3 is 0 Å². The van der Waals surface area contributed by atoms with Crippen molar-refractivity contribution in [1.82, 2.24) is 0 Å². The molecule has 4 rings (SSSR count). The number of benzene rings is 2. The van der Waals surface area contributed by atoms with Crippen LogP contribution in [0.3, 0.4) is 0 Å². The Balaban J connectivity index is 1.32. The molecule has 0 aliphatic heterocycles. The third-order valence-electron chi connectivity index (χ3n) is 9.29. The minimum Gasteiger partial charge on any atom is -0.507 e. The molecule has 3 heteroatoms. The Morgan fingerprint density at radius 1 is 0.838 bits per heavy atom. The highest BCUT2D eigenvalue weighted by Gasteiger charge is 2.35. The number of carbonyl (C=O) groups is 1. The van der Waals surface area contributed by atoms with E-state index >= 15 is 0 Å². The molecular weight excluding hydrogens is 456 g/mol. The van der Waals surface area contributed by atoms with E-state index < -0.39 is 0 Å². The molecule has 2 aromatic carbocycles. The van der Waals surface area contributed by atoms with Crippen LogP contribution >= 0.6 is 0 Å². The number of aromatic hydroxyl groups is 1. The van der Waals surface area contributed by atoms with Crippen LogP contribution in [0.1, 0.15) is 113 Å². The van der Waals surface area contributed by atoms with Gasteiger partial charge in [-0.15, -0.1) is 0 Å². The molecule has 1 N–H and O–H groups in total. The van der Waals surface area contributed by atoms with Crippen LogP contribution in [0.25, 0.3) is 0 Å². The molecule has 37 heavy (non-hydrogen) atoms. The van der Waals surface area contributed by atoms with Crippen molar-refractivity contribution in [2.45, 2.75) is 97.3 Å². The fourth-order valence-corrected chi connectivity index (χ4v) is 6.99. The lowest BCUT2D eigenvalue weighted by Crippen LogP contribution is -2.17. The Kier molecular flexibility index (Phi) is 10.5. The first kappa shape index (κ1) is 27.7. The summed E-state index contributed by atoms with van der Waals surface area (Å²) in [6, 6.07) is 14.3. The molecular formula is C34H48O3. The highest BCUT2D eigenvalue weighted by atomic mass is 16.5. The van der Waals surface area contributed by atoms with Crippen LogP contribution in [-0.4, -0.2) is 17.5 Å². The van der Waals surface area contributed by atoms with E-state index in [4.69, 9.17) is 4.74 Å². The Labute approximate surface area is 225 Å². The second-order valence-electron chi connectivity index (χ2n) is 11.9. The van der Waals surface area contributed by atoms with E-state index in [-0.39, 0.29) is 11.5 Å². The number of ether oxygens (including phenoxy) is 1. The number of phenolic OH excluding ortho intramolecular Hbond substituents is 1. The minimum atomic E-state index is -0.164. The standard InChI is InChI=1S/C34H48O3/c1-3-5-6-8-13-29-21-27(17-16-26-15-14-25(4-2)20-26)22-30(29)24-37-31-18-19-32(33(35)23-31)34(36)28-11-9-7-10-12-28/h7,9-12,18-19,23,25-27,29-30,35H,3-6,8,13-17,20-22,24H2,1-2H3. The lowest BCUT2D eigenvalue weighted by atomic mass is 9.90. The van der Waals surface area contributed by atoms with Crippen molar-refractivity contribution >= 4 is 5.78 Å². The lowest BCUT2D eigenvalue weighted by Gasteiger charge is -2.20. The van der Waals surface area contributed by atoms with Crippen molar-refractivity contribution < 1.29 is 14.6 Å². The zero-order valence-corrected chi connectivity index (χ0v) is 23.2. The summed E-state index contributed by atoms with van der Waals surface area (Å²) < 4.78 is 6.25. The van der Waals surface area contributed by atoms with Crippen LogP contribution < -0.4 is 4.74 Å². The number of ketones is 1. The number of rotatable bonds is 14. The van der Waals surface area contributed by atoms with Crippen LogP contribution in [0.2, 0.25) is 0 Å². The summed E-state index contributed by atoms with van der Waals surface area (Å²) >= 11 is 0. The molecule has 0 bridgehead atoms. The van der Waals surface area contributed by atoms with Crippen LogP contribution in [0.15, 0.2) is 48.5 Å². The lowest BCUT2D eigenvalue weighted by molar-refractivity contribution is 0.103. The monoisotopic (exact) mass is 504 g/mol. The topological polar surface area (TPSA) is 46.5 Å². The molecule has 0 amide bonds. The van der Waals surface area contributed by atoms with E-state index in [1.807, 2.05) is 24.3 Å². The number of hydrogen-bond acceptors (Lipinski definition) is 3.